The van der Waals surface area contributed by atoms with Crippen LogP contribution in [0.15, 0.2) is 24.4 Å². The van der Waals surface area contributed by atoms with Gasteiger partial charge in [0, 0.05) is 18.3 Å². The molecule has 6 heteroatoms. The number of fused-ring (bicyclic) bond motifs is 1. The van der Waals surface area contributed by atoms with Gasteiger partial charge in [-0.3, -0.25) is 9.59 Å². The fraction of sp³-hybridized carbons (Fsp3) is 0.312. The first-order valence-electron chi connectivity index (χ1n) is 7.08. The molecule has 114 valence electrons. The summed E-state index contributed by atoms with van der Waals surface area (Å²) < 4.78 is 1.63. The van der Waals surface area contributed by atoms with Crippen molar-refractivity contribution in [2.45, 2.75) is 26.7 Å². The number of hydrogen-bond acceptors (Lipinski definition) is 4. The molecule has 4 N–H and O–H groups in total. The number of Topliss-reactive ketones (excluding diaryl/α,β-unsaturated/α-hetero) is 1. The molecule has 0 saturated heterocycles. The second-order valence-corrected chi connectivity index (χ2v) is 6.51. The van der Waals surface area contributed by atoms with Gasteiger partial charge in [-0.1, -0.05) is 13.8 Å². The minimum atomic E-state index is -0.569. The van der Waals surface area contributed by atoms with E-state index in [4.69, 9.17) is 11.5 Å². The Hall–Kier alpha value is -2.63. The van der Waals surface area contributed by atoms with Crippen LogP contribution in [0.4, 0.5) is 5.69 Å². The predicted molar refractivity (Wildman–Crippen MR) is 82.9 cm³/mol. The summed E-state index contributed by atoms with van der Waals surface area (Å²) in [5, 5.41) is 4.51. The van der Waals surface area contributed by atoms with E-state index in [9.17, 15) is 9.59 Å². The Kier molecular flexibility index (Phi) is 3.05. The molecule has 1 aromatic heterocycles. The van der Waals surface area contributed by atoms with Gasteiger partial charge in [-0.15, -0.1) is 0 Å². The smallest absolute Gasteiger partial charge is 0.250 e. The molecule has 0 fully saturated rings. The van der Waals surface area contributed by atoms with Crippen molar-refractivity contribution in [1.82, 2.24) is 9.78 Å². The molecule has 0 aliphatic heterocycles. The number of anilines is 1. The molecule has 6 nitrogen and oxygen atoms in total. The average molecular weight is 298 g/mol. The van der Waals surface area contributed by atoms with E-state index in [-0.39, 0.29) is 16.8 Å². The van der Waals surface area contributed by atoms with Crippen LogP contribution in [-0.2, 0) is 6.42 Å². The van der Waals surface area contributed by atoms with Crippen molar-refractivity contribution >= 4 is 17.4 Å². The summed E-state index contributed by atoms with van der Waals surface area (Å²) in [5.41, 5.74) is 13.8. The maximum Gasteiger partial charge on any atom is 0.250 e. The van der Waals surface area contributed by atoms with E-state index in [0.29, 0.717) is 23.4 Å². The molecule has 1 amide bonds. The van der Waals surface area contributed by atoms with Gasteiger partial charge in [0.05, 0.1) is 22.5 Å². The number of nitrogens with two attached hydrogens (primary N) is 2. The van der Waals surface area contributed by atoms with Crippen molar-refractivity contribution < 1.29 is 9.59 Å². The number of nitrogens with zero attached hydrogens (tertiary/aromatic N) is 2. The second kappa shape index (κ2) is 4.69. The third kappa shape index (κ3) is 2.36. The summed E-state index contributed by atoms with van der Waals surface area (Å²) in [7, 11) is 0. The van der Waals surface area contributed by atoms with Gasteiger partial charge in [0.25, 0.3) is 5.91 Å². The Labute approximate surface area is 128 Å². The van der Waals surface area contributed by atoms with E-state index in [0.717, 1.165) is 12.1 Å². The van der Waals surface area contributed by atoms with Gasteiger partial charge in [-0.05, 0) is 30.0 Å². The monoisotopic (exact) mass is 298 g/mol. The molecule has 0 saturated carbocycles. The zero-order valence-electron chi connectivity index (χ0n) is 12.6. The van der Waals surface area contributed by atoms with Crippen LogP contribution in [0.5, 0.6) is 0 Å². The number of rotatable bonds is 2. The van der Waals surface area contributed by atoms with E-state index in [2.05, 4.69) is 18.9 Å². The summed E-state index contributed by atoms with van der Waals surface area (Å²) in [5.74, 6) is -0.458. The van der Waals surface area contributed by atoms with E-state index in [1.54, 1.807) is 29.1 Å². The molecule has 1 aromatic carbocycles. The molecular weight excluding hydrogens is 280 g/mol. The number of carbonyl (C=O) groups is 2. The molecule has 3 rings (SSSR count). The van der Waals surface area contributed by atoms with E-state index < -0.39 is 5.91 Å². The van der Waals surface area contributed by atoms with Crippen LogP contribution in [0, 0.1) is 5.41 Å². The number of carbonyl (C=O) groups excluding carboxylic acids is 2. The van der Waals surface area contributed by atoms with Crippen molar-refractivity contribution in [1.29, 1.82) is 0 Å². The molecule has 1 aliphatic carbocycles. The lowest BCUT2D eigenvalue weighted by Crippen LogP contribution is -2.26. The Bertz CT molecular complexity index is 789. The summed E-state index contributed by atoms with van der Waals surface area (Å²) >= 11 is 0. The van der Waals surface area contributed by atoms with Crippen molar-refractivity contribution in [2.24, 2.45) is 11.1 Å². The third-order valence-corrected chi connectivity index (χ3v) is 3.94. The zero-order valence-corrected chi connectivity index (χ0v) is 12.6. The first-order chi connectivity index (χ1) is 10.3. The lowest BCUT2D eigenvalue weighted by molar-refractivity contribution is 0.0911. The lowest BCUT2D eigenvalue weighted by Gasteiger charge is -2.26. The summed E-state index contributed by atoms with van der Waals surface area (Å²) in [6, 6.07) is 4.91. The molecule has 2 aromatic rings. The number of amides is 1. The van der Waals surface area contributed by atoms with Crippen LogP contribution in [0.3, 0.4) is 0 Å². The van der Waals surface area contributed by atoms with Crippen LogP contribution in [0.2, 0.25) is 0 Å². The molecular formula is C16H18N4O2. The Morgan fingerprint density at radius 2 is 2.05 bits per heavy atom. The zero-order chi connectivity index (χ0) is 16.1. The molecule has 22 heavy (non-hydrogen) atoms. The largest absolute Gasteiger partial charge is 0.398 e. The minimum Gasteiger partial charge on any atom is -0.398 e. The molecule has 0 radical (unpaired) electrons. The van der Waals surface area contributed by atoms with Crippen LogP contribution >= 0.6 is 0 Å². The molecule has 0 atom stereocenters. The Morgan fingerprint density at radius 3 is 2.68 bits per heavy atom. The summed E-state index contributed by atoms with van der Waals surface area (Å²) in [4.78, 5) is 23.4. The van der Waals surface area contributed by atoms with Crippen LogP contribution in [0.1, 0.15) is 46.7 Å². The number of ketones is 1. The maximum atomic E-state index is 12.2. The summed E-state index contributed by atoms with van der Waals surface area (Å²) in [6.45, 7) is 4.12. The van der Waals surface area contributed by atoms with Crippen LogP contribution < -0.4 is 11.5 Å². The number of benzene rings is 1. The SMILES string of the molecule is CC1(C)CC(=O)c2cn(-c3ccc(C(N)=O)c(N)c3)nc2C1. The fourth-order valence-corrected chi connectivity index (χ4v) is 2.87. The van der Waals surface area contributed by atoms with Gasteiger partial charge in [-0.25, -0.2) is 4.68 Å². The van der Waals surface area contributed by atoms with Crippen molar-refractivity contribution in [3.63, 3.8) is 0 Å². The third-order valence-electron chi connectivity index (χ3n) is 3.94. The normalized spacial score (nSPS) is 16.4. The van der Waals surface area contributed by atoms with Crippen molar-refractivity contribution in [3.05, 3.63) is 41.2 Å². The second-order valence-electron chi connectivity index (χ2n) is 6.51. The van der Waals surface area contributed by atoms with Crippen molar-refractivity contribution in [3.8, 4) is 5.69 Å². The highest BCUT2D eigenvalue weighted by molar-refractivity contribution is 5.99. The van der Waals surface area contributed by atoms with Crippen molar-refractivity contribution in [2.75, 3.05) is 5.73 Å². The number of aromatic nitrogens is 2. The molecule has 0 spiro atoms. The highest BCUT2D eigenvalue weighted by Crippen LogP contribution is 2.34. The number of primary amides is 1. The maximum absolute atomic E-state index is 12.2. The Balaban J connectivity index is 2.03. The van der Waals surface area contributed by atoms with Crippen LogP contribution in [0.25, 0.3) is 5.69 Å². The highest BCUT2D eigenvalue weighted by Gasteiger charge is 2.33. The molecule has 0 unspecified atom stereocenters. The van der Waals surface area contributed by atoms with Gasteiger partial charge in [0.15, 0.2) is 5.78 Å². The first-order valence-corrected chi connectivity index (χ1v) is 7.08. The predicted octanol–water partition coefficient (Wildman–Crippen LogP) is 1.71. The molecule has 1 heterocycles. The first kappa shape index (κ1) is 14.3. The van der Waals surface area contributed by atoms with Gasteiger partial charge in [0.2, 0.25) is 0 Å². The van der Waals surface area contributed by atoms with Gasteiger partial charge < -0.3 is 11.5 Å². The van der Waals surface area contributed by atoms with Gasteiger partial charge in [0.1, 0.15) is 0 Å². The number of nitrogen functional groups attached to an aromatic ring is 1. The summed E-state index contributed by atoms with van der Waals surface area (Å²) in [6.07, 6.45) is 3.01. The number of hydrogen-bond donors (Lipinski definition) is 2. The Morgan fingerprint density at radius 1 is 1.32 bits per heavy atom. The topological polar surface area (TPSA) is 104 Å². The highest BCUT2D eigenvalue weighted by atomic mass is 16.1. The quantitative estimate of drug-likeness (QED) is 0.823. The molecule has 0 bridgehead atoms. The average Bonchev–Trinajstić information content (AvgIpc) is 2.80. The lowest BCUT2D eigenvalue weighted by atomic mass is 9.76. The van der Waals surface area contributed by atoms with Gasteiger partial charge >= 0.3 is 0 Å². The standard InChI is InChI=1S/C16H18N4O2/c1-16(2)6-13-11(14(21)7-16)8-20(19-13)9-3-4-10(15(18)22)12(17)5-9/h3-5,8H,6-7,17H2,1-2H3,(H2,18,22). The van der Waals surface area contributed by atoms with E-state index >= 15 is 0 Å². The fourth-order valence-electron chi connectivity index (χ4n) is 2.87. The van der Waals surface area contributed by atoms with E-state index in [1.165, 1.54) is 0 Å². The van der Waals surface area contributed by atoms with Crippen LogP contribution in [-0.4, -0.2) is 21.5 Å². The van der Waals surface area contributed by atoms with Gasteiger partial charge in [-0.2, -0.15) is 5.10 Å². The van der Waals surface area contributed by atoms with E-state index in [1.807, 2.05) is 0 Å². The molecule has 1 aliphatic rings. The minimum absolute atomic E-state index is 0.0713.